The number of benzene rings is 2. The molecule has 1 N–H and O–H groups in total. The molecule has 0 aliphatic carbocycles. The molecule has 1 aromatic heterocycles. The lowest BCUT2D eigenvalue weighted by Crippen LogP contribution is -2.46. The largest absolute Gasteiger partial charge is 0.478 e. The van der Waals surface area contributed by atoms with Crippen molar-refractivity contribution < 1.29 is 19.4 Å². The summed E-state index contributed by atoms with van der Waals surface area (Å²) in [5, 5.41) is 12.0. The molecule has 184 valence electrons. The summed E-state index contributed by atoms with van der Waals surface area (Å²) in [6.45, 7) is 4.74. The summed E-state index contributed by atoms with van der Waals surface area (Å²) in [6, 6.07) is 12.2. The van der Waals surface area contributed by atoms with E-state index in [0.29, 0.717) is 29.7 Å². The van der Waals surface area contributed by atoms with Gasteiger partial charge in [0.15, 0.2) is 4.34 Å². The molecule has 7 nitrogen and oxygen atoms in total. The van der Waals surface area contributed by atoms with Gasteiger partial charge in [0.1, 0.15) is 0 Å². The first-order valence-corrected chi connectivity index (χ1v) is 13.2. The molecular weight excluding hydrogens is 529 g/mol. The first kappa shape index (κ1) is 25.9. The minimum absolute atomic E-state index is 0.0808. The molecule has 3 aromatic rings. The highest BCUT2D eigenvalue weighted by atomic mass is 35.5. The highest BCUT2D eigenvalue weighted by Gasteiger charge is 2.25. The Morgan fingerprint density at radius 3 is 2.69 bits per heavy atom. The highest BCUT2D eigenvalue weighted by molar-refractivity contribution is 7.99. The van der Waals surface area contributed by atoms with E-state index in [1.165, 1.54) is 30.2 Å². The van der Waals surface area contributed by atoms with Gasteiger partial charge in [0.2, 0.25) is 5.91 Å². The van der Waals surface area contributed by atoms with Gasteiger partial charge in [0.25, 0.3) is 0 Å². The molecule has 11 heteroatoms. The SMILES string of the molecule is CC(=O)N(C[C@@H]1CN(Cc2ccc(Cl)c(Cl)c2)CCO1)Sc1nc(-c2ccc(C(=O)O)cc2)cs1. The number of nitrogens with zero attached hydrogens (tertiary/aromatic N) is 3. The molecule has 1 saturated heterocycles. The number of aromatic nitrogens is 1. The number of carbonyl (C=O) groups excluding carboxylic acids is 1. The van der Waals surface area contributed by atoms with Crippen LogP contribution in [0.3, 0.4) is 0 Å². The van der Waals surface area contributed by atoms with Crippen molar-refractivity contribution in [1.29, 1.82) is 0 Å². The van der Waals surface area contributed by atoms with Crippen molar-refractivity contribution in [3.63, 3.8) is 0 Å². The summed E-state index contributed by atoms with van der Waals surface area (Å²) in [5.41, 5.74) is 2.85. The van der Waals surface area contributed by atoms with Crippen molar-refractivity contribution in [1.82, 2.24) is 14.2 Å². The summed E-state index contributed by atoms with van der Waals surface area (Å²) in [4.78, 5) is 30.3. The molecule has 1 amide bonds. The van der Waals surface area contributed by atoms with Crippen LogP contribution >= 0.6 is 46.5 Å². The third kappa shape index (κ3) is 6.97. The number of carbonyl (C=O) groups is 2. The molecule has 0 bridgehead atoms. The van der Waals surface area contributed by atoms with Crippen LogP contribution in [0.1, 0.15) is 22.8 Å². The minimum Gasteiger partial charge on any atom is -0.478 e. The van der Waals surface area contributed by atoms with Crippen LogP contribution in [0.2, 0.25) is 10.0 Å². The molecule has 0 saturated carbocycles. The number of hydrogen-bond acceptors (Lipinski definition) is 7. The van der Waals surface area contributed by atoms with Crippen LogP contribution in [0, 0.1) is 0 Å². The van der Waals surface area contributed by atoms with E-state index in [2.05, 4.69) is 9.88 Å². The number of rotatable bonds is 8. The topological polar surface area (TPSA) is 83.0 Å². The number of morpholine rings is 1. The molecule has 2 heterocycles. The number of halogens is 2. The molecule has 0 unspecified atom stereocenters. The molecule has 1 aliphatic rings. The van der Waals surface area contributed by atoms with Crippen molar-refractivity contribution >= 4 is 58.4 Å². The first-order valence-electron chi connectivity index (χ1n) is 10.8. The van der Waals surface area contributed by atoms with Crippen molar-refractivity contribution in [3.05, 3.63) is 69.0 Å². The maximum atomic E-state index is 12.4. The Morgan fingerprint density at radius 1 is 1.23 bits per heavy atom. The number of thiazole rings is 1. The minimum atomic E-state index is -0.969. The predicted molar refractivity (Wildman–Crippen MR) is 139 cm³/mol. The summed E-state index contributed by atoms with van der Waals surface area (Å²) in [5.74, 6) is -1.05. The third-order valence-electron chi connectivity index (χ3n) is 5.43. The second kappa shape index (κ2) is 11.7. The van der Waals surface area contributed by atoms with Crippen molar-refractivity contribution in [2.24, 2.45) is 0 Å². The normalized spacial score (nSPS) is 16.3. The van der Waals surface area contributed by atoms with E-state index in [4.69, 9.17) is 33.0 Å². The van der Waals surface area contributed by atoms with Crippen LogP contribution in [0.15, 0.2) is 52.2 Å². The zero-order valence-corrected chi connectivity index (χ0v) is 22.0. The maximum absolute atomic E-state index is 12.4. The van der Waals surface area contributed by atoms with Gasteiger partial charge in [-0.2, -0.15) is 0 Å². The average molecular weight is 553 g/mol. The molecule has 0 radical (unpaired) electrons. The van der Waals surface area contributed by atoms with Gasteiger partial charge in [-0.3, -0.25) is 14.0 Å². The van der Waals surface area contributed by atoms with Gasteiger partial charge in [0.05, 0.1) is 40.6 Å². The molecule has 0 spiro atoms. The Morgan fingerprint density at radius 2 is 2.00 bits per heavy atom. The van der Waals surface area contributed by atoms with Gasteiger partial charge in [-0.25, -0.2) is 9.78 Å². The predicted octanol–water partition coefficient (Wildman–Crippen LogP) is 5.57. The second-order valence-electron chi connectivity index (χ2n) is 8.03. The first-order chi connectivity index (χ1) is 16.8. The van der Waals surface area contributed by atoms with Gasteiger partial charge in [0, 0.05) is 49.4 Å². The highest BCUT2D eigenvalue weighted by Crippen LogP contribution is 2.31. The Balaban J connectivity index is 1.37. The monoisotopic (exact) mass is 551 g/mol. The third-order valence-corrected chi connectivity index (χ3v) is 8.19. The molecule has 35 heavy (non-hydrogen) atoms. The summed E-state index contributed by atoms with van der Waals surface area (Å²) in [7, 11) is 0. The van der Waals surface area contributed by atoms with Gasteiger partial charge < -0.3 is 9.84 Å². The fraction of sp³-hybridized carbons (Fsp3) is 0.292. The van der Waals surface area contributed by atoms with E-state index in [9.17, 15) is 9.59 Å². The molecule has 4 rings (SSSR count). The Hall–Kier alpha value is -2.14. The standard InChI is InChI=1S/C24H23Cl2N3O4S2/c1-15(30)29(35-24-27-22(14-34-24)17-3-5-18(6-4-17)23(31)32)13-19-12-28(8-9-33-19)11-16-2-7-20(25)21(26)10-16/h2-7,10,14,19H,8-9,11-13H2,1H3,(H,31,32)/t19-/m0/s1. The summed E-state index contributed by atoms with van der Waals surface area (Å²) in [6.07, 6.45) is -0.133. The molecule has 1 fully saturated rings. The summed E-state index contributed by atoms with van der Waals surface area (Å²) < 4.78 is 8.34. The van der Waals surface area contributed by atoms with Crippen LogP contribution in [-0.2, 0) is 16.1 Å². The van der Waals surface area contributed by atoms with E-state index in [0.717, 1.165) is 34.2 Å². The zero-order chi connectivity index (χ0) is 24.9. The van der Waals surface area contributed by atoms with E-state index in [-0.39, 0.29) is 17.6 Å². The Labute approximate surface area is 221 Å². The number of amides is 1. The van der Waals surface area contributed by atoms with E-state index >= 15 is 0 Å². The summed E-state index contributed by atoms with van der Waals surface area (Å²) >= 11 is 14.9. The van der Waals surface area contributed by atoms with Crippen molar-refractivity contribution in [2.45, 2.75) is 23.9 Å². The maximum Gasteiger partial charge on any atom is 0.335 e. The molecule has 1 aliphatic heterocycles. The molecule has 2 aromatic carbocycles. The quantitative estimate of drug-likeness (QED) is 0.366. The van der Waals surface area contributed by atoms with E-state index in [1.807, 2.05) is 17.5 Å². The van der Waals surface area contributed by atoms with Crippen molar-refractivity contribution in [3.8, 4) is 11.3 Å². The lowest BCUT2D eigenvalue weighted by atomic mass is 10.1. The average Bonchev–Trinajstić information content (AvgIpc) is 3.30. The fourth-order valence-corrected chi connectivity index (χ4v) is 5.81. The number of carboxylic acids is 1. The van der Waals surface area contributed by atoms with Gasteiger partial charge in [-0.1, -0.05) is 41.4 Å². The van der Waals surface area contributed by atoms with Crippen LogP contribution in [0.5, 0.6) is 0 Å². The molecular formula is C24H23Cl2N3O4S2. The zero-order valence-electron chi connectivity index (χ0n) is 18.8. The lowest BCUT2D eigenvalue weighted by molar-refractivity contribution is -0.126. The smallest absolute Gasteiger partial charge is 0.335 e. The Kier molecular flexibility index (Phi) is 8.69. The van der Waals surface area contributed by atoms with Crippen LogP contribution in [-0.4, -0.2) is 63.5 Å². The van der Waals surface area contributed by atoms with Gasteiger partial charge in [-0.05, 0) is 29.8 Å². The van der Waals surface area contributed by atoms with E-state index < -0.39 is 5.97 Å². The van der Waals surface area contributed by atoms with Crippen LogP contribution in [0.25, 0.3) is 11.3 Å². The van der Waals surface area contributed by atoms with Crippen LogP contribution < -0.4 is 0 Å². The molecule has 1 atom stereocenters. The fourth-order valence-electron chi connectivity index (χ4n) is 3.66. The van der Waals surface area contributed by atoms with Gasteiger partial charge in [-0.15, -0.1) is 11.3 Å². The number of aromatic carboxylic acids is 1. The second-order valence-corrected chi connectivity index (χ2v) is 11.0. The van der Waals surface area contributed by atoms with Crippen molar-refractivity contribution in [2.75, 3.05) is 26.2 Å². The number of carboxylic acid groups (broad SMARTS) is 1. The Bertz CT molecular complexity index is 1210. The van der Waals surface area contributed by atoms with E-state index in [1.54, 1.807) is 34.6 Å². The lowest BCUT2D eigenvalue weighted by Gasteiger charge is -2.35. The van der Waals surface area contributed by atoms with Gasteiger partial charge >= 0.3 is 5.97 Å². The number of ether oxygens (including phenoxy) is 1. The van der Waals surface area contributed by atoms with Crippen LogP contribution in [0.4, 0.5) is 0 Å². The number of hydrogen-bond donors (Lipinski definition) is 1.